The lowest BCUT2D eigenvalue weighted by Gasteiger charge is -2.33. The maximum absolute atomic E-state index is 13.2. The summed E-state index contributed by atoms with van der Waals surface area (Å²) in [7, 11) is 2.15. The van der Waals surface area contributed by atoms with E-state index in [4.69, 9.17) is 21.3 Å². The zero-order chi connectivity index (χ0) is 20.9. The number of hydrogen-bond acceptors (Lipinski definition) is 5. The van der Waals surface area contributed by atoms with Gasteiger partial charge in [-0.25, -0.2) is 4.98 Å². The second-order valence-electron chi connectivity index (χ2n) is 8.12. The van der Waals surface area contributed by atoms with E-state index in [-0.39, 0.29) is 12.0 Å². The van der Waals surface area contributed by atoms with Crippen molar-refractivity contribution >= 4 is 23.3 Å². The summed E-state index contributed by atoms with van der Waals surface area (Å²) in [5.41, 5.74) is 0.508. The number of amides is 1. The average molecular weight is 429 g/mol. The number of nitrogens with zero attached hydrogens (tertiary/aromatic N) is 4. The number of pyridine rings is 1. The highest BCUT2D eigenvalue weighted by molar-refractivity contribution is 6.30. The second-order valence-corrected chi connectivity index (χ2v) is 8.55. The number of aromatic nitrogens is 1. The standard InChI is InChI=1S/C23H29ClN4O2/c1-26-11-5-13-27(15-14-26)22-10-3-9-21(25-22)23(29)28-12-4-8-20(17-28)30-19-7-2-6-18(24)16-19/h2-3,6-7,9-10,16,20H,4-5,8,11-15,17H2,1H3/t20-/m0/s1. The van der Waals surface area contributed by atoms with E-state index in [0.29, 0.717) is 17.3 Å². The molecule has 6 nitrogen and oxygen atoms in total. The van der Waals surface area contributed by atoms with E-state index >= 15 is 0 Å². The monoisotopic (exact) mass is 428 g/mol. The molecule has 30 heavy (non-hydrogen) atoms. The van der Waals surface area contributed by atoms with Gasteiger partial charge in [-0.15, -0.1) is 0 Å². The van der Waals surface area contributed by atoms with Crippen LogP contribution in [0.5, 0.6) is 5.75 Å². The molecule has 0 spiro atoms. The van der Waals surface area contributed by atoms with Crippen molar-refractivity contribution in [2.24, 2.45) is 0 Å². The zero-order valence-electron chi connectivity index (χ0n) is 17.5. The summed E-state index contributed by atoms with van der Waals surface area (Å²) < 4.78 is 6.08. The van der Waals surface area contributed by atoms with Crippen molar-refractivity contribution in [1.82, 2.24) is 14.8 Å². The number of anilines is 1. The van der Waals surface area contributed by atoms with Crippen molar-refractivity contribution < 1.29 is 9.53 Å². The van der Waals surface area contributed by atoms with Gasteiger partial charge in [0.25, 0.3) is 5.91 Å². The van der Waals surface area contributed by atoms with Gasteiger partial charge in [-0.1, -0.05) is 23.7 Å². The number of likely N-dealkylation sites (N-methyl/N-ethyl adjacent to an activating group) is 1. The van der Waals surface area contributed by atoms with Crippen molar-refractivity contribution in [3.05, 3.63) is 53.2 Å². The Balaban J connectivity index is 1.42. The number of halogens is 1. The Bertz CT molecular complexity index is 878. The van der Waals surface area contributed by atoms with Gasteiger partial charge in [0.15, 0.2) is 0 Å². The fraction of sp³-hybridized carbons (Fsp3) is 0.478. The Morgan fingerprint density at radius 2 is 1.93 bits per heavy atom. The van der Waals surface area contributed by atoms with Crippen LogP contribution in [0, 0.1) is 0 Å². The number of hydrogen-bond donors (Lipinski definition) is 0. The van der Waals surface area contributed by atoms with E-state index in [1.54, 1.807) is 0 Å². The van der Waals surface area contributed by atoms with Gasteiger partial charge in [-0.2, -0.15) is 0 Å². The minimum atomic E-state index is -0.0366. The van der Waals surface area contributed by atoms with Crippen LogP contribution in [0.2, 0.25) is 5.02 Å². The van der Waals surface area contributed by atoms with Crippen molar-refractivity contribution in [3.8, 4) is 5.75 Å². The predicted molar refractivity (Wildman–Crippen MR) is 120 cm³/mol. The van der Waals surface area contributed by atoms with E-state index in [1.807, 2.05) is 47.4 Å². The number of carbonyl (C=O) groups excluding carboxylic acids is 1. The summed E-state index contributed by atoms with van der Waals surface area (Å²) in [6.45, 7) is 5.29. The first-order chi connectivity index (χ1) is 14.6. The lowest BCUT2D eigenvalue weighted by atomic mass is 10.1. The molecule has 0 saturated carbocycles. The van der Waals surface area contributed by atoms with Crippen LogP contribution in [0.3, 0.4) is 0 Å². The number of piperidine rings is 1. The Labute approximate surface area is 183 Å². The maximum atomic E-state index is 13.2. The number of benzene rings is 1. The molecule has 0 N–H and O–H groups in total. The molecule has 2 aliphatic rings. The van der Waals surface area contributed by atoms with Crippen molar-refractivity contribution in [2.45, 2.75) is 25.4 Å². The molecule has 0 unspecified atom stereocenters. The highest BCUT2D eigenvalue weighted by Gasteiger charge is 2.27. The first-order valence-electron chi connectivity index (χ1n) is 10.7. The van der Waals surface area contributed by atoms with Gasteiger partial charge in [0.2, 0.25) is 0 Å². The molecule has 2 saturated heterocycles. The Hall–Kier alpha value is -2.31. The van der Waals surface area contributed by atoms with E-state index in [1.165, 1.54) is 0 Å². The largest absolute Gasteiger partial charge is 0.489 e. The molecular formula is C23H29ClN4O2. The first-order valence-corrected chi connectivity index (χ1v) is 11.1. The average Bonchev–Trinajstić information content (AvgIpc) is 2.98. The third-order valence-corrected chi connectivity index (χ3v) is 6.00. The number of rotatable bonds is 4. The molecule has 2 aliphatic heterocycles. The molecule has 2 aromatic rings. The van der Waals surface area contributed by atoms with Gasteiger partial charge in [-0.05, 0) is 63.2 Å². The van der Waals surface area contributed by atoms with Gasteiger partial charge < -0.3 is 19.4 Å². The molecule has 0 aliphatic carbocycles. The molecule has 1 amide bonds. The summed E-state index contributed by atoms with van der Waals surface area (Å²) in [6.07, 6.45) is 2.90. The quantitative estimate of drug-likeness (QED) is 0.745. The van der Waals surface area contributed by atoms with E-state index < -0.39 is 0 Å². The Morgan fingerprint density at radius 3 is 2.80 bits per heavy atom. The maximum Gasteiger partial charge on any atom is 0.272 e. The molecule has 1 aromatic heterocycles. The number of ether oxygens (including phenoxy) is 1. The fourth-order valence-corrected chi connectivity index (χ4v) is 4.29. The van der Waals surface area contributed by atoms with Crippen LogP contribution in [0.1, 0.15) is 29.8 Å². The van der Waals surface area contributed by atoms with Crippen LogP contribution in [-0.4, -0.2) is 73.1 Å². The highest BCUT2D eigenvalue weighted by atomic mass is 35.5. The van der Waals surface area contributed by atoms with Gasteiger partial charge in [0.1, 0.15) is 23.4 Å². The van der Waals surface area contributed by atoms with Crippen molar-refractivity contribution in [3.63, 3.8) is 0 Å². The minimum absolute atomic E-state index is 0.0248. The van der Waals surface area contributed by atoms with E-state index in [0.717, 1.165) is 63.6 Å². The van der Waals surface area contributed by atoms with E-state index in [9.17, 15) is 4.79 Å². The fourth-order valence-electron chi connectivity index (χ4n) is 4.11. The van der Waals surface area contributed by atoms with Gasteiger partial charge in [0.05, 0.1) is 6.54 Å². The Kier molecular flexibility index (Phi) is 6.75. The summed E-state index contributed by atoms with van der Waals surface area (Å²) in [6, 6.07) is 13.2. The van der Waals surface area contributed by atoms with Crippen LogP contribution in [0.15, 0.2) is 42.5 Å². The van der Waals surface area contributed by atoms with Gasteiger partial charge >= 0.3 is 0 Å². The lowest BCUT2D eigenvalue weighted by molar-refractivity contribution is 0.0533. The molecule has 0 bridgehead atoms. The van der Waals surface area contributed by atoms with E-state index in [2.05, 4.69) is 16.8 Å². The molecule has 1 atom stereocenters. The summed E-state index contributed by atoms with van der Waals surface area (Å²) >= 11 is 6.06. The van der Waals surface area contributed by atoms with Crippen LogP contribution < -0.4 is 9.64 Å². The molecule has 160 valence electrons. The number of likely N-dealkylation sites (tertiary alicyclic amines) is 1. The summed E-state index contributed by atoms with van der Waals surface area (Å²) in [5, 5.41) is 0.650. The smallest absolute Gasteiger partial charge is 0.272 e. The molecule has 7 heteroatoms. The Morgan fingerprint density at radius 1 is 1.07 bits per heavy atom. The topological polar surface area (TPSA) is 48.9 Å². The minimum Gasteiger partial charge on any atom is -0.489 e. The number of carbonyl (C=O) groups is 1. The summed E-state index contributed by atoms with van der Waals surface area (Å²) in [4.78, 5) is 24.4. The van der Waals surface area contributed by atoms with Crippen LogP contribution in [0.25, 0.3) is 0 Å². The molecule has 3 heterocycles. The molecule has 0 radical (unpaired) electrons. The SMILES string of the molecule is CN1CCCN(c2cccc(C(=O)N3CCC[C@H](Oc4cccc(Cl)c4)C3)n2)CC1. The molecule has 4 rings (SSSR count). The van der Waals surface area contributed by atoms with Crippen LogP contribution in [0.4, 0.5) is 5.82 Å². The molecule has 2 fully saturated rings. The van der Waals surface area contributed by atoms with Gasteiger partial charge in [0, 0.05) is 31.2 Å². The van der Waals surface area contributed by atoms with Crippen molar-refractivity contribution in [1.29, 1.82) is 0 Å². The highest BCUT2D eigenvalue weighted by Crippen LogP contribution is 2.23. The molecular weight excluding hydrogens is 400 g/mol. The first kappa shape index (κ1) is 20.9. The predicted octanol–water partition coefficient (Wildman–Crippen LogP) is 3.56. The van der Waals surface area contributed by atoms with Crippen molar-refractivity contribution in [2.75, 3.05) is 51.2 Å². The normalized spacial score (nSPS) is 20.7. The third-order valence-electron chi connectivity index (χ3n) is 5.76. The third kappa shape index (κ3) is 5.24. The van der Waals surface area contributed by atoms with Crippen LogP contribution in [-0.2, 0) is 0 Å². The van der Waals surface area contributed by atoms with Crippen LogP contribution >= 0.6 is 11.6 Å². The summed E-state index contributed by atoms with van der Waals surface area (Å²) in [5.74, 6) is 1.61. The second kappa shape index (κ2) is 9.67. The lowest BCUT2D eigenvalue weighted by Crippen LogP contribution is -2.44. The van der Waals surface area contributed by atoms with Gasteiger partial charge in [-0.3, -0.25) is 4.79 Å². The zero-order valence-corrected chi connectivity index (χ0v) is 18.2. The molecule has 1 aromatic carbocycles.